The van der Waals surface area contributed by atoms with Crippen LogP contribution in [0, 0.1) is 6.92 Å². The van der Waals surface area contributed by atoms with Gasteiger partial charge in [-0.15, -0.1) is 0 Å². The molecule has 0 atom stereocenters. The molecule has 3 nitrogen and oxygen atoms in total. The van der Waals surface area contributed by atoms with Crippen molar-refractivity contribution in [3.8, 4) is 0 Å². The zero-order valence-corrected chi connectivity index (χ0v) is 13.1. The summed E-state index contributed by atoms with van der Waals surface area (Å²) in [5.74, 6) is -0.106. The number of hydrogen-bond donors (Lipinski definition) is 2. The molecule has 0 aliphatic heterocycles. The number of anilines is 2. The maximum atomic E-state index is 12.2. The predicted molar refractivity (Wildman–Crippen MR) is 87.4 cm³/mol. The molecule has 0 saturated carbocycles. The number of hydrogen-bond acceptors (Lipinski definition) is 2. The van der Waals surface area contributed by atoms with Crippen LogP contribution >= 0.6 is 15.9 Å². The van der Waals surface area contributed by atoms with Gasteiger partial charge in [0.2, 0.25) is 0 Å². The zero-order valence-electron chi connectivity index (χ0n) is 11.5. The van der Waals surface area contributed by atoms with E-state index in [9.17, 15) is 4.79 Å². The lowest BCUT2D eigenvalue weighted by Crippen LogP contribution is -2.12. The van der Waals surface area contributed by atoms with Gasteiger partial charge in [-0.25, -0.2) is 0 Å². The van der Waals surface area contributed by atoms with Crippen LogP contribution in [-0.4, -0.2) is 12.5 Å². The molecule has 0 unspecified atom stereocenters. The van der Waals surface area contributed by atoms with E-state index in [1.165, 1.54) is 0 Å². The van der Waals surface area contributed by atoms with Crippen LogP contribution in [0.2, 0.25) is 0 Å². The molecule has 0 aliphatic carbocycles. The Balaban J connectivity index is 2.11. The highest BCUT2D eigenvalue weighted by Gasteiger charge is 2.06. The second kappa shape index (κ2) is 6.57. The molecule has 1 amide bonds. The third-order valence-corrected chi connectivity index (χ3v) is 3.29. The highest BCUT2D eigenvalue weighted by Crippen LogP contribution is 2.20. The summed E-state index contributed by atoms with van der Waals surface area (Å²) in [5.41, 5.74) is 3.54. The van der Waals surface area contributed by atoms with E-state index in [4.69, 9.17) is 0 Å². The van der Waals surface area contributed by atoms with E-state index < -0.39 is 0 Å². The Morgan fingerprint density at radius 1 is 1.10 bits per heavy atom. The van der Waals surface area contributed by atoms with E-state index in [1.807, 2.05) is 56.3 Å². The molecule has 0 saturated heterocycles. The fourth-order valence-electron chi connectivity index (χ4n) is 1.96. The summed E-state index contributed by atoms with van der Waals surface area (Å²) in [6.45, 7) is 4.89. The van der Waals surface area contributed by atoms with Gasteiger partial charge in [-0.05, 0) is 61.9 Å². The molecule has 2 rings (SSSR count). The van der Waals surface area contributed by atoms with E-state index in [1.54, 1.807) is 0 Å². The highest BCUT2D eigenvalue weighted by atomic mass is 79.9. The van der Waals surface area contributed by atoms with Crippen molar-refractivity contribution in [3.05, 3.63) is 58.1 Å². The van der Waals surface area contributed by atoms with Crippen LogP contribution in [0.4, 0.5) is 11.4 Å². The van der Waals surface area contributed by atoms with Gasteiger partial charge in [0.15, 0.2) is 0 Å². The summed E-state index contributed by atoms with van der Waals surface area (Å²) in [5, 5.41) is 6.10. The molecule has 0 fully saturated rings. The molecule has 0 aromatic heterocycles. The van der Waals surface area contributed by atoms with Crippen LogP contribution in [0.25, 0.3) is 0 Å². The first-order valence-electron chi connectivity index (χ1n) is 6.51. The fraction of sp³-hybridized carbons (Fsp3) is 0.188. The molecule has 20 heavy (non-hydrogen) atoms. The molecule has 0 radical (unpaired) electrons. The molecular weight excluding hydrogens is 316 g/mol. The summed E-state index contributed by atoms with van der Waals surface area (Å²) in [6, 6.07) is 13.3. The minimum absolute atomic E-state index is 0.106. The van der Waals surface area contributed by atoms with Crippen LogP contribution < -0.4 is 10.6 Å². The number of carbonyl (C=O) groups is 1. The summed E-state index contributed by atoms with van der Waals surface area (Å²) in [7, 11) is 0. The van der Waals surface area contributed by atoms with Crippen LogP contribution in [-0.2, 0) is 0 Å². The normalized spacial score (nSPS) is 10.2. The van der Waals surface area contributed by atoms with Gasteiger partial charge in [-0.1, -0.05) is 15.9 Å². The molecule has 0 bridgehead atoms. The van der Waals surface area contributed by atoms with Crippen molar-refractivity contribution in [1.82, 2.24) is 0 Å². The molecule has 0 spiro atoms. The number of benzene rings is 2. The number of carbonyl (C=O) groups excluding carboxylic acids is 1. The van der Waals surface area contributed by atoms with Gasteiger partial charge in [0.25, 0.3) is 5.91 Å². The largest absolute Gasteiger partial charge is 0.385 e. The van der Waals surface area contributed by atoms with Gasteiger partial charge in [0, 0.05) is 28.0 Å². The Bertz CT molecular complexity index is 588. The fourth-order valence-corrected chi connectivity index (χ4v) is 2.56. The Labute approximate surface area is 127 Å². The molecular formula is C16H17BrN2O. The van der Waals surface area contributed by atoms with Crippen molar-refractivity contribution < 1.29 is 4.79 Å². The minimum Gasteiger partial charge on any atom is -0.385 e. The van der Waals surface area contributed by atoms with Crippen molar-refractivity contribution >= 4 is 33.2 Å². The number of amides is 1. The second-order valence-corrected chi connectivity index (χ2v) is 5.49. The molecule has 0 aliphatic rings. The highest BCUT2D eigenvalue weighted by molar-refractivity contribution is 9.10. The number of halogens is 1. The monoisotopic (exact) mass is 332 g/mol. The number of aryl methyl sites for hydroxylation is 1. The van der Waals surface area contributed by atoms with Crippen molar-refractivity contribution in [2.45, 2.75) is 13.8 Å². The lowest BCUT2D eigenvalue weighted by atomic mass is 10.1. The molecule has 0 heterocycles. The van der Waals surface area contributed by atoms with Crippen LogP contribution in [0.15, 0.2) is 46.9 Å². The van der Waals surface area contributed by atoms with Crippen molar-refractivity contribution in [2.24, 2.45) is 0 Å². The summed E-state index contributed by atoms with van der Waals surface area (Å²) in [6.07, 6.45) is 0. The first kappa shape index (κ1) is 14.6. The average Bonchev–Trinajstić information content (AvgIpc) is 2.38. The van der Waals surface area contributed by atoms with Crippen molar-refractivity contribution in [1.29, 1.82) is 0 Å². The minimum atomic E-state index is -0.106. The Hall–Kier alpha value is -1.81. The Kier molecular flexibility index (Phi) is 4.79. The van der Waals surface area contributed by atoms with E-state index >= 15 is 0 Å². The topological polar surface area (TPSA) is 41.1 Å². The summed E-state index contributed by atoms with van der Waals surface area (Å²) < 4.78 is 0.954. The maximum absolute atomic E-state index is 12.2. The number of nitrogens with one attached hydrogen (secondary N) is 2. The smallest absolute Gasteiger partial charge is 0.255 e. The van der Waals surface area contributed by atoms with E-state index in [2.05, 4.69) is 26.6 Å². The molecule has 2 aromatic carbocycles. The third-order valence-electron chi connectivity index (χ3n) is 2.83. The van der Waals surface area contributed by atoms with Crippen molar-refractivity contribution in [2.75, 3.05) is 17.2 Å². The van der Waals surface area contributed by atoms with E-state index in [0.717, 1.165) is 28.0 Å². The van der Waals surface area contributed by atoms with Gasteiger partial charge in [0.05, 0.1) is 0 Å². The molecule has 2 aromatic rings. The van der Waals surface area contributed by atoms with Gasteiger partial charge in [-0.2, -0.15) is 0 Å². The molecule has 104 valence electrons. The SMILES string of the molecule is CCNc1ccc(C(=O)Nc2cc(C)cc(Br)c2)cc1. The predicted octanol–water partition coefficient (Wildman–Crippen LogP) is 4.44. The zero-order chi connectivity index (χ0) is 14.5. The van der Waals surface area contributed by atoms with Crippen LogP contribution in [0.3, 0.4) is 0 Å². The average molecular weight is 333 g/mol. The van der Waals surface area contributed by atoms with Gasteiger partial charge in [-0.3, -0.25) is 4.79 Å². The molecule has 4 heteroatoms. The lowest BCUT2D eigenvalue weighted by Gasteiger charge is -2.08. The first-order valence-corrected chi connectivity index (χ1v) is 7.30. The summed E-state index contributed by atoms with van der Waals surface area (Å²) in [4.78, 5) is 12.2. The second-order valence-electron chi connectivity index (χ2n) is 4.58. The van der Waals surface area contributed by atoms with Crippen LogP contribution in [0.1, 0.15) is 22.8 Å². The Morgan fingerprint density at radius 3 is 2.40 bits per heavy atom. The van der Waals surface area contributed by atoms with Gasteiger partial charge >= 0.3 is 0 Å². The third kappa shape index (κ3) is 3.84. The molecule has 2 N–H and O–H groups in total. The van der Waals surface area contributed by atoms with Gasteiger partial charge < -0.3 is 10.6 Å². The van der Waals surface area contributed by atoms with Crippen LogP contribution in [0.5, 0.6) is 0 Å². The van der Waals surface area contributed by atoms with Crippen molar-refractivity contribution in [3.63, 3.8) is 0 Å². The maximum Gasteiger partial charge on any atom is 0.255 e. The summed E-state index contributed by atoms with van der Waals surface area (Å²) >= 11 is 3.43. The lowest BCUT2D eigenvalue weighted by molar-refractivity contribution is 0.102. The van der Waals surface area contributed by atoms with E-state index in [-0.39, 0.29) is 5.91 Å². The quantitative estimate of drug-likeness (QED) is 0.868. The number of rotatable bonds is 4. The van der Waals surface area contributed by atoms with Gasteiger partial charge in [0.1, 0.15) is 0 Å². The Morgan fingerprint density at radius 2 is 1.80 bits per heavy atom. The van der Waals surface area contributed by atoms with E-state index in [0.29, 0.717) is 5.56 Å². The first-order chi connectivity index (χ1) is 9.58. The standard InChI is InChI=1S/C16H17BrN2O/c1-3-18-14-6-4-12(5-7-14)16(20)19-15-9-11(2)8-13(17)10-15/h4-10,18H,3H2,1-2H3,(H,19,20).